The van der Waals surface area contributed by atoms with Crippen LogP contribution in [0.1, 0.15) is 18.1 Å². The van der Waals surface area contributed by atoms with Gasteiger partial charge >= 0.3 is 0 Å². The van der Waals surface area contributed by atoms with E-state index >= 15 is 0 Å². The lowest BCUT2D eigenvalue weighted by Crippen LogP contribution is -2.23. The number of aromatic nitrogens is 2. The third-order valence-corrected chi connectivity index (χ3v) is 4.78. The molecule has 0 fully saturated rings. The Labute approximate surface area is 159 Å². The molecule has 0 aliphatic rings. The van der Waals surface area contributed by atoms with Crippen LogP contribution in [0.3, 0.4) is 0 Å². The van der Waals surface area contributed by atoms with E-state index in [4.69, 9.17) is 4.74 Å². The Morgan fingerprint density at radius 2 is 1.89 bits per heavy atom. The highest BCUT2D eigenvalue weighted by Crippen LogP contribution is 2.20. The predicted octanol–water partition coefficient (Wildman–Crippen LogP) is 3.08. The van der Waals surface area contributed by atoms with Gasteiger partial charge in [0.1, 0.15) is 18.5 Å². The number of amides is 1. The van der Waals surface area contributed by atoms with Gasteiger partial charge in [0.15, 0.2) is 0 Å². The van der Waals surface area contributed by atoms with Gasteiger partial charge < -0.3 is 19.3 Å². The summed E-state index contributed by atoms with van der Waals surface area (Å²) in [5.74, 6) is 0.619. The van der Waals surface area contributed by atoms with Crippen LogP contribution >= 0.6 is 0 Å². The van der Waals surface area contributed by atoms with Crippen molar-refractivity contribution in [3.05, 3.63) is 53.9 Å². The van der Waals surface area contributed by atoms with Crippen molar-refractivity contribution in [3.63, 3.8) is 0 Å². The van der Waals surface area contributed by atoms with Gasteiger partial charge in [-0.15, -0.1) is 0 Å². The molecule has 0 saturated heterocycles. The lowest BCUT2D eigenvalue weighted by molar-refractivity contribution is -0.116. The number of hydrogen-bond acceptors (Lipinski definition) is 4. The van der Waals surface area contributed by atoms with Gasteiger partial charge in [-0.1, -0.05) is 0 Å². The Kier molecular flexibility index (Phi) is 5.46. The Morgan fingerprint density at radius 3 is 2.56 bits per heavy atom. The molecule has 1 amide bonds. The second-order valence-electron chi connectivity index (χ2n) is 6.86. The monoisotopic (exact) mass is 367 g/mol. The van der Waals surface area contributed by atoms with Crippen molar-refractivity contribution < 1.29 is 14.6 Å². The summed E-state index contributed by atoms with van der Waals surface area (Å²) in [6.45, 7) is 6.23. The number of benzene rings is 2. The van der Waals surface area contributed by atoms with Crippen LogP contribution in [0.2, 0.25) is 0 Å². The predicted molar refractivity (Wildman–Crippen MR) is 106 cm³/mol. The average Bonchev–Trinajstić information content (AvgIpc) is 3.01. The fourth-order valence-electron chi connectivity index (χ4n) is 2.88. The number of ether oxygens (including phenoxy) is 1. The maximum absolute atomic E-state index is 11.4. The van der Waals surface area contributed by atoms with Gasteiger partial charge in [0, 0.05) is 19.7 Å². The number of nitrogens with zero attached hydrogens (tertiary/aromatic N) is 3. The Bertz CT molecular complexity index is 947. The largest absolute Gasteiger partial charge is 0.491 e. The number of imidazole rings is 1. The Balaban J connectivity index is 1.61. The first-order valence-electron chi connectivity index (χ1n) is 8.92. The van der Waals surface area contributed by atoms with E-state index in [0.717, 1.165) is 16.7 Å². The summed E-state index contributed by atoms with van der Waals surface area (Å²) in [6, 6.07) is 11.4. The molecule has 3 rings (SSSR count). The number of fused-ring (bicyclic) bond motifs is 1. The van der Waals surface area contributed by atoms with Crippen LogP contribution in [0.4, 0.5) is 5.69 Å². The van der Waals surface area contributed by atoms with E-state index in [0.29, 0.717) is 12.3 Å². The van der Waals surface area contributed by atoms with Gasteiger partial charge in [-0.25, -0.2) is 4.98 Å². The second kappa shape index (κ2) is 7.80. The minimum atomic E-state index is -0.663. The number of rotatable bonds is 6. The summed E-state index contributed by atoms with van der Waals surface area (Å²) in [5, 5.41) is 10.4. The smallest absolute Gasteiger partial charge is 0.223 e. The van der Waals surface area contributed by atoms with E-state index < -0.39 is 6.10 Å². The van der Waals surface area contributed by atoms with Gasteiger partial charge in [0.2, 0.25) is 5.91 Å². The number of hydrogen-bond donors (Lipinski definition) is 1. The van der Waals surface area contributed by atoms with Crippen LogP contribution in [-0.2, 0) is 11.3 Å². The number of aryl methyl sites for hydroxylation is 2. The summed E-state index contributed by atoms with van der Waals surface area (Å²) in [4.78, 5) is 17.4. The van der Waals surface area contributed by atoms with E-state index in [-0.39, 0.29) is 12.5 Å². The minimum absolute atomic E-state index is 0.0305. The molecule has 0 saturated carbocycles. The van der Waals surface area contributed by atoms with Crippen molar-refractivity contribution in [2.24, 2.45) is 0 Å². The molecule has 3 aromatic rings. The summed E-state index contributed by atoms with van der Waals surface area (Å²) in [7, 11) is 1.72. The van der Waals surface area contributed by atoms with Crippen molar-refractivity contribution >= 4 is 22.6 Å². The molecule has 1 heterocycles. The van der Waals surface area contributed by atoms with E-state index in [1.807, 2.05) is 16.7 Å². The first-order chi connectivity index (χ1) is 12.8. The number of carbonyl (C=O) groups is 1. The average molecular weight is 367 g/mol. The molecule has 0 bridgehead atoms. The zero-order valence-electron chi connectivity index (χ0n) is 16.1. The number of aliphatic hydroxyl groups is 1. The van der Waals surface area contributed by atoms with Crippen molar-refractivity contribution in [1.82, 2.24) is 9.55 Å². The van der Waals surface area contributed by atoms with Gasteiger partial charge in [-0.3, -0.25) is 4.79 Å². The summed E-state index contributed by atoms with van der Waals surface area (Å²) >= 11 is 0. The summed E-state index contributed by atoms with van der Waals surface area (Å²) in [5.41, 5.74) is 5.14. The first-order valence-corrected chi connectivity index (χ1v) is 8.92. The molecule has 0 radical (unpaired) electrons. The molecular weight excluding hydrogens is 342 g/mol. The topological polar surface area (TPSA) is 67.6 Å². The van der Waals surface area contributed by atoms with Crippen LogP contribution < -0.4 is 9.64 Å². The lowest BCUT2D eigenvalue weighted by Gasteiger charge is -2.16. The van der Waals surface area contributed by atoms with Crippen molar-refractivity contribution in [2.45, 2.75) is 33.4 Å². The third kappa shape index (κ3) is 4.28. The van der Waals surface area contributed by atoms with E-state index in [2.05, 4.69) is 31.0 Å². The van der Waals surface area contributed by atoms with Crippen LogP contribution in [-0.4, -0.2) is 40.3 Å². The zero-order chi connectivity index (χ0) is 19.6. The molecule has 0 spiro atoms. The third-order valence-electron chi connectivity index (χ3n) is 4.78. The van der Waals surface area contributed by atoms with Gasteiger partial charge in [0.25, 0.3) is 0 Å². The van der Waals surface area contributed by atoms with E-state index in [1.165, 1.54) is 18.1 Å². The fraction of sp³-hybridized carbons (Fsp3) is 0.333. The maximum Gasteiger partial charge on any atom is 0.223 e. The van der Waals surface area contributed by atoms with Crippen molar-refractivity contribution in [3.8, 4) is 5.75 Å². The molecule has 6 nitrogen and oxygen atoms in total. The Morgan fingerprint density at radius 1 is 1.22 bits per heavy atom. The second-order valence-corrected chi connectivity index (χ2v) is 6.86. The van der Waals surface area contributed by atoms with E-state index in [1.54, 1.807) is 30.4 Å². The van der Waals surface area contributed by atoms with Gasteiger partial charge in [-0.05, 0) is 61.4 Å². The molecule has 2 aromatic carbocycles. The molecular formula is C21H25N3O3. The molecule has 1 aromatic heterocycles. The van der Waals surface area contributed by atoms with Crippen LogP contribution in [0.25, 0.3) is 11.0 Å². The molecule has 0 unspecified atom stereocenters. The highest BCUT2D eigenvalue weighted by molar-refractivity contribution is 5.90. The lowest BCUT2D eigenvalue weighted by atomic mass is 10.1. The quantitative estimate of drug-likeness (QED) is 0.727. The molecule has 0 aliphatic carbocycles. The zero-order valence-corrected chi connectivity index (χ0v) is 16.1. The molecule has 1 N–H and O–H groups in total. The first kappa shape index (κ1) is 18.9. The number of anilines is 1. The van der Waals surface area contributed by atoms with Gasteiger partial charge in [0.05, 0.1) is 23.9 Å². The van der Waals surface area contributed by atoms with Crippen molar-refractivity contribution in [1.29, 1.82) is 0 Å². The molecule has 27 heavy (non-hydrogen) atoms. The standard InChI is InChI=1S/C21H25N3O3/c1-14-9-20-21(10-15(14)2)24(13-22-20)11-18(26)12-27-19-7-5-17(6-8-19)23(4)16(3)25/h5-10,13,18,26H,11-12H2,1-4H3/t18-/m0/s1. The summed E-state index contributed by atoms with van der Waals surface area (Å²) in [6.07, 6.45) is 1.09. The Hall–Kier alpha value is -2.86. The van der Waals surface area contributed by atoms with E-state index in [9.17, 15) is 9.90 Å². The summed E-state index contributed by atoms with van der Waals surface area (Å²) < 4.78 is 7.62. The molecule has 1 atom stereocenters. The highest BCUT2D eigenvalue weighted by atomic mass is 16.5. The van der Waals surface area contributed by atoms with Crippen LogP contribution in [0, 0.1) is 13.8 Å². The maximum atomic E-state index is 11.4. The van der Waals surface area contributed by atoms with Gasteiger partial charge in [-0.2, -0.15) is 0 Å². The highest BCUT2D eigenvalue weighted by Gasteiger charge is 2.11. The minimum Gasteiger partial charge on any atom is -0.491 e. The molecule has 142 valence electrons. The van der Waals surface area contributed by atoms with Crippen LogP contribution in [0.5, 0.6) is 5.75 Å². The fourth-order valence-corrected chi connectivity index (χ4v) is 2.88. The molecule has 6 heteroatoms. The number of aliphatic hydroxyl groups excluding tert-OH is 1. The molecule has 0 aliphatic heterocycles. The van der Waals surface area contributed by atoms with Crippen LogP contribution in [0.15, 0.2) is 42.7 Å². The normalized spacial score (nSPS) is 12.2. The number of carbonyl (C=O) groups excluding carboxylic acids is 1. The van der Waals surface area contributed by atoms with Crippen molar-refractivity contribution in [2.75, 3.05) is 18.6 Å². The SMILES string of the molecule is CC(=O)N(C)c1ccc(OC[C@@H](O)Cn2cnc3cc(C)c(C)cc32)cc1.